The minimum absolute atomic E-state index is 0.0911. The third-order valence-electron chi connectivity index (χ3n) is 6.44. The molecule has 30 heavy (non-hydrogen) atoms. The molecule has 1 atom stereocenters. The first-order valence-electron chi connectivity index (χ1n) is 10.8. The Morgan fingerprint density at radius 1 is 1.37 bits per heavy atom. The number of benzene rings is 1. The van der Waals surface area contributed by atoms with E-state index in [0.29, 0.717) is 11.1 Å². The lowest BCUT2D eigenvalue weighted by molar-refractivity contribution is -0.00504. The van der Waals surface area contributed by atoms with Gasteiger partial charge in [-0.3, -0.25) is 9.89 Å². The van der Waals surface area contributed by atoms with Crippen molar-refractivity contribution in [2.45, 2.75) is 43.8 Å². The topological polar surface area (TPSA) is 52.1 Å². The maximum absolute atomic E-state index is 13.3. The Kier molecular flexibility index (Phi) is 8.34. The molecule has 1 aromatic rings. The number of likely N-dealkylation sites (tertiary alicyclic amines) is 1. The molecule has 2 aliphatic rings. The van der Waals surface area contributed by atoms with Gasteiger partial charge in [-0.15, -0.1) is 0 Å². The van der Waals surface area contributed by atoms with Crippen LogP contribution in [-0.4, -0.2) is 81.3 Å². The van der Waals surface area contributed by atoms with Gasteiger partial charge in [-0.05, 0) is 64.0 Å². The van der Waals surface area contributed by atoms with Crippen molar-refractivity contribution in [2.24, 2.45) is 4.99 Å². The van der Waals surface area contributed by atoms with Crippen molar-refractivity contribution in [3.8, 4) is 0 Å². The molecule has 0 bridgehead atoms. The zero-order chi connectivity index (χ0) is 21.6. The Hall–Kier alpha value is -1.41. The third-order valence-corrected chi connectivity index (χ3v) is 6.79. The summed E-state index contributed by atoms with van der Waals surface area (Å²) in [6, 6.07) is 4.96. The summed E-state index contributed by atoms with van der Waals surface area (Å²) in [6.45, 7) is 5.09. The van der Waals surface area contributed by atoms with Crippen LogP contribution in [0.4, 0.5) is 4.39 Å². The van der Waals surface area contributed by atoms with E-state index in [1.807, 2.05) is 7.05 Å². The predicted octanol–water partition coefficient (Wildman–Crippen LogP) is 2.72. The second kappa shape index (κ2) is 10.8. The first kappa shape index (κ1) is 23.3. The van der Waals surface area contributed by atoms with Gasteiger partial charge in [-0.25, -0.2) is 4.39 Å². The number of nitrogens with one attached hydrogen (secondary N) is 2. The zero-order valence-corrected chi connectivity index (χ0v) is 19.1. The lowest BCUT2D eigenvalue weighted by Gasteiger charge is -2.43. The molecule has 0 amide bonds. The van der Waals surface area contributed by atoms with Crippen molar-refractivity contribution >= 4 is 17.6 Å². The molecule has 0 aliphatic carbocycles. The maximum atomic E-state index is 13.3. The summed E-state index contributed by atoms with van der Waals surface area (Å²) in [5.41, 5.74) is 1.06. The van der Waals surface area contributed by atoms with Gasteiger partial charge < -0.3 is 20.3 Å². The summed E-state index contributed by atoms with van der Waals surface area (Å²) in [7, 11) is 6.10. The van der Waals surface area contributed by atoms with E-state index in [4.69, 9.17) is 16.3 Å². The van der Waals surface area contributed by atoms with Gasteiger partial charge in [0.05, 0.1) is 0 Å². The molecule has 1 unspecified atom stereocenters. The van der Waals surface area contributed by atoms with E-state index in [2.05, 4.69) is 39.5 Å². The second-order valence-corrected chi connectivity index (χ2v) is 9.02. The quantitative estimate of drug-likeness (QED) is 0.527. The molecule has 2 heterocycles. The summed E-state index contributed by atoms with van der Waals surface area (Å²) >= 11 is 6.22. The second-order valence-electron chi connectivity index (χ2n) is 8.61. The molecule has 2 fully saturated rings. The molecule has 0 saturated carbocycles. The van der Waals surface area contributed by atoms with E-state index in [1.165, 1.54) is 12.1 Å². The van der Waals surface area contributed by atoms with Crippen LogP contribution in [0.1, 0.15) is 31.2 Å². The number of likely N-dealkylation sites (N-methyl/N-ethyl adjacent to an activating group) is 1. The number of halogens is 2. The van der Waals surface area contributed by atoms with Gasteiger partial charge in [0.1, 0.15) is 5.82 Å². The van der Waals surface area contributed by atoms with Crippen LogP contribution in [0.15, 0.2) is 23.2 Å². The van der Waals surface area contributed by atoms with Crippen molar-refractivity contribution in [1.82, 2.24) is 20.4 Å². The number of guanidine groups is 1. The highest BCUT2D eigenvalue weighted by Crippen LogP contribution is 2.25. The molecule has 0 spiro atoms. The molecule has 0 aromatic heterocycles. The fourth-order valence-corrected chi connectivity index (χ4v) is 4.60. The molecule has 0 radical (unpaired) electrons. The fraction of sp³-hybridized carbons (Fsp3) is 0.682. The Morgan fingerprint density at radius 2 is 2.13 bits per heavy atom. The molecular formula is C22H35ClFN5O. The van der Waals surface area contributed by atoms with E-state index in [0.717, 1.165) is 76.6 Å². The number of hydrogen-bond acceptors (Lipinski definition) is 4. The summed E-state index contributed by atoms with van der Waals surface area (Å²) < 4.78 is 18.9. The van der Waals surface area contributed by atoms with Gasteiger partial charge in [0.25, 0.3) is 0 Å². The molecule has 2 aliphatic heterocycles. The number of aliphatic imine (C=N–C) groups is 1. The average Bonchev–Trinajstić information content (AvgIpc) is 2.74. The molecule has 8 heteroatoms. The van der Waals surface area contributed by atoms with Gasteiger partial charge in [0.2, 0.25) is 0 Å². The highest BCUT2D eigenvalue weighted by Gasteiger charge is 2.35. The molecule has 3 rings (SSSR count). The van der Waals surface area contributed by atoms with Gasteiger partial charge in [0, 0.05) is 56.5 Å². The Balaban J connectivity index is 1.53. The van der Waals surface area contributed by atoms with Crippen LogP contribution in [0.2, 0.25) is 5.02 Å². The molecule has 2 saturated heterocycles. The standard InChI is InChI=1S/C22H35ClFN5O/c1-25-21(26-16-22(28(2)3)8-11-30-12-9-22)27-19-5-4-10-29(15-19)14-17-6-7-18(24)13-20(17)23/h6-7,13,19H,4-5,8-12,14-16H2,1-3H3,(H2,25,26,27). The van der Waals surface area contributed by atoms with Crippen LogP contribution in [0.25, 0.3) is 0 Å². The largest absolute Gasteiger partial charge is 0.381 e. The average molecular weight is 440 g/mol. The summed E-state index contributed by atoms with van der Waals surface area (Å²) in [5, 5.41) is 7.64. The minimum Gasteiger partial charge on any atom is -0.381 e. The van der Waals surface area contributed by atoms with Gasteiger partial charge in [-0.1, -0.05) is 17.7 Å². The molecule has 168 valence electrons. The van der Waals surface area contributed by atoms with E-state index in [9.17, 15) is 4.39 Å². The van der Waals surface area contributed by atoms with Crippen LogP contribution >= 0.6 is 11.6 Å². The first-order valence-corrected chi connectivity index (χ1v) is 11.2. The lowest BCUT2D eigenvalue weighted by atomic mass is 9.88. The van der Waals surface area contributed by atoms with E-state index in [1.54, 1.807) is 6.07 Å². The predicted molar refractivity (Wildman–Crippen MR) is 121 cm³/mol. The summed E-state index contributed by atoms with van der Waals surface area (Å²) in [5.74, 6) is 0.547. The minimum atomic E-state index is -0.295. The highest BCUT2D eigenvalue weighted by molar-refractivity contribution is 6.31. The van der Waals surface area contributed by atoms with Gasteiger partial charge >= 0.3 is 0 Å². The van der Waals surface area contributed by atoms with Crippen LogP contribution in [-0.2, 0) is 11.3 Å². The summed E-state index contributed by atoms with van der Waals surface area (Å²) in [6.07, 6.45) is 4.23. The SMILES string of the molecule is CN=C(NCC1(N(C)C)CCOCC1)NC1CCCN(Cc2ccc(F)cc2Cl)C1. The zero-order valence-electron chi connectivity index (χ0n) is 18.4. The number of nitrogens with zero attached hydrogens (tertiary/aromatic N) is 3. The number of piperidine rings is 1. The lowest BCUT2D eigenvalue weighted by Crippen LogP contribution is -2.58. The van der Waals surface area contributed by atoms with E-state index >= 15 is 0 Å². The molecule has 6 nitrogen and oxygen atoms in total. The summed E-state index contributed by atoms with van der Waals surface area (Å²) in [4.78, 5) is 9.13. The van der Waals surface area contributed by atoms with Crippen molar-refractivity contribution in [3.05, 3.63) is 34.6 Å². The number of hydrogen-bond donors (Lipinski definition) is 2. The number of ether oxygens (including phenoxy) is 1. The van der Waals surface area contributed by atoms with Crippen LogP contribution in [0, 0.1) is 5.82 Å². The third kappa shape index (κ3) is 6.06. The normalized spacial score (nSPS) is 22.9. The Morgan fingerprint density at radius 3 is 2.80 bits per heavy atom. The molecular weight excluding hydrogens is 405 g/mol. The van der Waals surface area contributed by atoms with E-state index in [-0.39, 0.29) is 11.4 Å². The van der Waals surface area contributed by atoms with Crippen LogP contribution < -0.4 is 10.6 Å². The van der Waals surface area contributed by atoms with Crippen molar-refractivity contribution in [2.75, 3.05) is 54.0 Å². The Bertz CT molecular complexity index is 723. The molecule has 2 N–H and O–H groups in total. The smallest absolute Gasteiger partial charge is 0.191 e. The van der Waals surface area contributed by atoms with Crippen LogP contribution in [0.5, 0.6) is 0 Å². The fourth-order valence-electron chi connectivity index (χ4n) is 4.38. The van der Waals surface area contributed by atoms with E-state index < -0.39 is 0 Å². The Labute approximate surface area is 184 Å². The van der Waals surface area contributed by atoms with Crippen molar-refractivity contribution in [3.63, 3.8) is 0 Å². The van der Waals surface area contributed by atoms with Crippen LogP contribution in [0.3, 0.4) is 0 Å². The van der Waals surface area contributed by atoms with Crippen molar-refractivity contribution in [1.29, 1.82) is 0 Å². The monoisotopic (exact) mass is 439 g/mol. The number of rotatable bonds is 6. The highest BCUT2D eigenvalue weighted by atomic mass is 35.5. The van der Waals surface area contributed by atoms with Gasteiger partial charge in [0.15, 0.2) is 5.96 Å². The molecule has 1 aromatic carbocycles. The maximum Gasteiger partial charge on any atom is 0.191 e. The van der Waals surface area contributed by atoms with Gasteiger partial charge in [-0.2, -0.15) is 0 Å². The van der Waals surface area contributed by atoms with Crippen molar-refractivity contribution < 1.29 is 9.13 Å². The first-order chi connectivity index (χ1) is 14.4.